The highest BCUT2D eigenvalue weighted by molar-refractivity contribution is 7.91. The van der Waals surface area contributed by atoms with E-state index in [1.807, 2.05) is 0 Å². The molecular weight excluding hydrogens is 303 g/mol. The van der Waals surface area contributed by atoms with Crippen LogP contribution in [-0.2, 0) is 15.7 Å². The summed E-state index contributed by atoms with van der Waals surface area (Å²) < 4.78 is 42.8. The van der Waals surface area contributed by atoms with E-state index in [-0.39, 0.29) is 17.7 Å². The highest BCUT2D eigenvalue weighted by atomic mass is 35.5. The Hall–Kier alpha value is -0.810. The molecule has 0 bridgehead atoms. The average molecular weight is 321 g/mol. The fraction of sp³-hybridized carbons (Fsp3) is 0.571. The van der Waals surface area contributed by atoms with Crippen molar-refractivity contribution < 1.29 is 17.5 Å². The van der Waals surface area contributed by atoms with Gasteiger partial charge >= 0.3 is 0 Å². The van der Waals surface area contributed by atoms with Gasteiger partial charge in [0.2, 0.25) is 0 Å². The number of para-hydroxylation sites is 1. The fourth-order valence-electron chi connectivity index (χ4n) is 2.56. The van der Waals surface area contributed by atoms with E-state index >= 15 is 0 Å². The van der Waals surface area contributed by atoms with E-state index < -0.39 is 20.9 Å². The number of benzene rings is 1. The monoisotopic (exact) mass is 320 g/mol. The third-order valence-electron chi connectivity index (χ3n) is 3.66. The molecule has 0 aliphatic heterocycles. The number of sulfone groups is 1. The molecule has 0 N–H and O–H groups in total. The van der Waals surface area contributed by atoms with Crippen molar-refractivity contribution in [1.82, 2.24) is 0 Å². The minimum absolute atomic E-state index is 0.154. The second kappa shape index (κ2) is 6.31. The zero-order valence-corrected chi connectivity index (χ0v) is 12.9. The minimum atomic E-state index is -3.08. The molecule has 112 valence electrons. The molecule has 2 atom stereocenters. The van der Waals surface area contributed by atoms with Crippen LogP contribution in [0.5, 0.6) is 5.75 Å². The summed E-state index contributed by atoms with van der Waals surface area (Å²) in [6.45, 7) is 0. The normalized spacial score (nSPS) is 23.6. The number of rotatable bonds is 4. The van der Waals surface area contributed by atoms with Gasteiger partial charge < -0.3 is 4.74 Å². The smallest absolute Gasteiger partial charge is 0.165 e. The van der Waals surface area contributed by atoms with Crippen LogP contribution < -0.4 is 4.74 Å². The Labute approximate surface area is 124 Å². The van der Waals surface area contributed by atoms with Crippen molar-refractivity contribution in [1.29, 1.82) is 0 Å². The van der Waals surface area contributed by atoms with Crippen molar-refractivity contribution in [2.24, 2.45) is 0 Å². The molecule has 0 amide bonds. The number of hydrogen-bond acceptors (Lipinski definition) is 3. The molecule has 1 fully saturated rings. The Bertz CT molecular complexity index is 574. The van der Waals surface area contributed by atoms with Gasteiger partial charge in [-0.3, -0.25) is 0 Å². The van der Waals surface area contributed by atoms with Crippen LogP contribution in [0.2, 0.25) is 0 Å². The van der Waals surface area contributed by atoms with E-state index in [9.17, 15) is 12.8 Å². The standard InChI is InChI=1S/C14H18ClFO3S/c1-20(17,18)12-6-3-5-11(8-12)19-14-10(9-15)4-2-7-13(14)16/h2,4,7,11-12H,3,5-6,8-9H2,1H3. The van der Waals surface area contributed by atoms with E-state index in [1.165, 1.54) is 12.3 Å². The summed E-state index contributed by atoms with van der Waals surface area (Å²) in [7, 11) is -3.08. The first kappa shape index (κ1) is 15.6. The molecule has 3 nitrogen and oxygen atoms in total. The Morgan fingerprint density at radius 2 is 2.15 bits per heavy atom. The van der Waals surface area contributed by atoms with Crippen molar-refractivity contribution in [3.63, 3.8) is 0 Å². The van der Waals surface area contributed by atoms with Crippen LogP contribution in [0.3, 0.4) is 0 Å². The van der Waals surface area contributed by atoms with Gasteiger partial charge in [-0.2, -0.15) is 0 Å². The number of ether oxygens (including phenoxy) is 1. The van der Waals surface area contributed by atoms with Crippen molar-refractivity contribution in [3.8, 4) is 5.75 Å². The summed E-state index contributed by atoms with van der Waals surface area (Å²) in [5, 5.41) is -0.396. The lowest BCUT2D eigenvalue weighted by atomic mass is 9.97. The van der Waals surface area contributed by atoms with Crippen molar-refractivity contribution in [3.05, 3.63) is 29.6 Å². The molecule has 1 aromatic carbocycles. The molecule has 0 heterocycles. The third-order valence-corrected chi connectivity index (χ3v) is 5.59. The first-order valence-corrected chi connectivity index (χ1v) is 9.09. The summed E-state index contributed by atoms with van der Waals surface area (Å²) in [5.41, 5.74) is 0.591. The van der Waals surface area contributed by atoms with Gasteiger partial charge in [0, 0.05) is 18.2 Å². The first-order valence-electron chi connectivity index (χ1n) is 6.60. The Kier molecular flexibility index (Phi) is 4.91. The quantitative estimate of drug-likeness (QED) is 0.799. The molecule has 1 saturated carbocycles. The zero-order valence-electron chi connectivity index (χ0n) is 11.3. The molecule has 1 aliphatic carbocycles. The van der Waals surface area contributed by atoms with Gasteiger partial charge in [0.1, 0.15) is 15.9 Å². The number of halogens is 2. The molecule has 0 radical (unpaired) electrons. The Morgan fingerprint density at radius 1 is 1.40 bits per heavy atom. The molecule has 6 heteroatoms. The highest BCUT2D eigenvalue weighted by Crippen LogP contribution is 2.31. The molecule has 0 spiro atoms. The molecular formula is C14H18ClFO3S. The lowest BCUT2D eigenvalue weighted by Crippen LogP contribution is -2.33. The molecule has 2 unspecified atom stereocenters. The van der Waals surface area contributed by atoms with Gasteiger partial charge in [0.15, 0.2) is 11.6 Å². The van der Waals surface area contributed by atoms with Gasteiger partial charge in [-0.1, -0.05) is 12.1 Å². The fourth-order valence-corrected chi connectivity index (χ4v) is 3.92. The third kappa shape index (κ3) is 3.64. The summed E-state index contributed by atoms with van der Waals surface area (Å²) in [4.78, 5) is 0. The van der Waals surface area contributed by atoms with Crippen LogP contribution >= 0.6 is 11.6 Å². The summed E-state index contributed by atoms with van der Waals surface area (Å²) in [5.74, 6) is -0.138. The van der Waals surface area contributed by atoms with Crippen LogP contribution in [-0.4, -0.2) is 26.0 Å². The predicted octanol–water partition coefficient (Wildman–Crippen LogP) is 3.30. The Morgan fingerprint density at radius 3 is 2.80 bits per heavy atom. The predicted molar refractivity (Wildman–Crippen MR) is 77.5 cm³/mol. The minimum Gasteiger partial charge on any atom is -0.487 e. The van der Waals surface area contributed by atoms with E-state index in [2.05, 4.69) is 0 Å². The van der Waals surface area contributed by atoms with Gasteiger partial charge in [-0.15, -0.1) is 11.6 Å². The largest absolute Gasteiger partial charge is 0.487 e. The van der Waals surface area contributed by atoms with Crippen LogP contribution in [0.4, 0.5) is 4.39 Å². The number of alkyl halides is 1. The lowest BCUT2D eigenvalue weighted by molar-refractivity contribution is 0.149. The zero-order chi connectivity index (χ0) is 14.8. The average Bonchev–Trinajstić information content (AvgIpc) is 2.40. The van der Waals surface area contributed by atoms with Gasteiger partial charge in [0.25, 0.3) is 0 Å². The van der Waals surface area contributed by atoms with Crippen molar-refractivity contribution >= 4 is 21.4 Å². The molecule has 1 aromatic rings. The van der Waals surface area contributed by atoms with Gasteiger partial charge in [0.05, 0.1) is 11.1 Å². The van der Waals surface area contributed by atoms with Crippen LogP contribution in [0.1, 0.15) is 31.2 Å². The second-order valence-corrected chi connectivity index (χ2v) is 7.81. The maximum atomic E-state index is 13.8. The molecule has 1 aliphatic rings. The molecule has 20 heavy (non-hydrogen) atoms. The highest BCUT2D eigenvalue weighted by Gasteiger charge is 2.30. The van der Waals surface area contributed by atoms with Crippen LogP contribution in [0.25, 0.3) is 0 Å². The van der Waals surface area contributed by atoms with Crippen molar-refractivity contribution in [2.75, 3.05) is 6.26 Å². The maximum absolute atomic E-state index is 13.8. The first-order chi connectivity index (χ1) is 9.41. The second-order valence-electron chi connectivity index (χ2n) is 5.22. The molecule has 2 rings (SSSR count). The van der Waals surface area contributed by atoms with Crippen LogP contribution in [0.15, 0.2) is 18.2 Å². The topological polar surface area (TPSA) is 43.4 Å². The summed E-state index contributed by atoms with van der Waals surface area (Å²) in [6.07, 6.45) is 3.54. The van der Waals surface area contributed by atoms with E-state index in [1.54, 1.807) is 12.1 Å². The van der Waals surface area contributed by atoms with Gasteiger partial charge in [-0.05, 0) is 25.3 Å². The molecule has 0 aromatic heterocycles. The van der Waals surface area contributed by atoms with E-state index in [0.717, 1.165) is 12.8 Å². The SMILES string of the molecule is CS(=O)(=O)C1CCCC(Oc2c(F)cccc2CCl)C1. The van der Waals surface area contributed by atoms with E-state index in [4.69, 9.17) is 16.3 Å². The van der Waals surface area contributed by atoms with Crippen LogP contribution in [0, 0.1) is 5.82 Å². The lowest BCUT2D eigenvalue weighted by Gasteiger charge is -2.29. The van der Waals surface area contributed by atoms with E-state index in [0.29, 0.717) is 18.4 Å². The maximum Gasteiger partial charge on any atom is 0.165 e. The van der Waals surface area contributed by atoms with Gasteiger partial charge in [-0.25, -0.2) is 12.8 Å². The summed E-state index contributed by atoms with van der Waals surface area (Å²) >= 11 is 5.78. The summed E-state index contributed by atoms with van der Waals surface area (Å²) in [6, 6.07) is 4.62. The van der Waals surface area contributed by atoms with Crippen molar-refractivity contribution in [2.45, 2.75) is 42.9 Å². The molecule has 0 saturated heterocycles. The Balaban J connectivity index is 2.14. The number of hydrogen-bond donors (Lipinski definition) is 0.